The summed E-state index contributed by atoms with van der Waals surface area (Å²) in [6, 6.07) is 10.0. The number of hydrogen-bond donors (Lipinski definition) is 1. The highest BCUT2D eigenvalue weighted by Crippen LogP contribution is 2.37. The number of ether oxygens (including phenoxy) is 1. The molecular weight excluding hydrogens is 539 g/mol. The first-order chi connectivity index (χ1) is 17.8. The van der Waals surface area contributed by atoms with Crippen molar-refractivity contribution in [1.82, 2.24) is 9.97 Å². The van der Waals surface area contributed by atoms with E-state index in [9.17, 15) is 17.9 Å². The van der Waals surface area contributed by atoms with Crippen LogP contribution in [-0.2, 0) is 17.7 Å². The van der Waals surface area contributed by atoms with Gasteiger partial charge in [0.15, 0.2) is 0 Å². The van der Waals surface area contributed by atoms with E-state index < -0.39 is 23.0 Å². The molecule has 0 radical (unpaired) electrons. The number of thiophene rings is 1. The number of benzene rings is 2. The normalized spacial score (nSPS) is 11.9. The van der Waals surface area contributed by atoms with Gasteiger partial charge in [0.05, 0.1) is 45.0 Å². The average molecular weight is 562 g/mol. The number of nitrogens with zero attached hydrogens (tertiary/aromatic N) is 3. The van der Waals surface area contributed by atoms with Gasteiger partial charge in [-0.25, -0.2) is 14.4 Å². The number of carbonyl (C=O) groups is 1. The Hall–Kier alpha value is -3.12. The van der Waals surface area contributed by atoms with Crippen molar-refractivity contribution in [1.29, 1.82) is 0 Å². The van der Waals surface area contributed by atoms with Crippen LogP contribution in [0.1, 0.15) is 34.5 Å². The third kappa shape index (κ3) is 6.07. The fourth-order valence-corrected chi connectivity index (χ4v) is 5.71. The van der Waals surface area contributed by atoms with E-state index in [0.717, 1.165) is 44.9 Å². The number of anilines is 2. The number of aryl methyl sites for hydroxylation is 2. The maximum absolute atomic E-state index is 14.7. The standard InChI is InChI=1S/C25H24ClFN4O4S2/c1-15-24-22(29-14-28-15)18(13-36-24)25(32)30-23-19(27)10-11-20(21(23)26)31(37(33)34)12-4-3-5-16-6-8-17(35-2)9-7-16/h6-11,13-14H,3-5,12H2,1-2H3,(H,30,32)(H,33,34)/p-1. The Labute approximate surface area is 224 Å². The van der Waals surface area contributed by atoms with Gasteiger partial charge in [0.1, 0.15) is 17.9 Å². The maximum Gasteiger partial charge on any atom is 0.258 e. The Bertz CT molecular complexity index is 1450. The molecule has 4 aromatic rings. The van der Waals surface area contributed by atoms with Crippen LogP contribution < -0.4 is 14.4 Å². The van der Waals surface area contributed by atoms with Crippen LogP contribution in [0.25, 0.3) is 10.2 Å². The predicted molar refractivity (Wildman–Crippen MR) is 144 cm³/mol. The number of aromatic nitrogens is 2. The van der Waals surface area contributed by atoms with Crippen molar-refractivity contribution in [2.24, 2.45) is 0 Å². The number of methoxy groups -OCH3 is 1. The Morgan fingerprint density at radius 1 is 1.22 bits per heavy atom. The first-order valence-corrected chi connectivity index (χ1v) is 13.6. The third-order valence-electron chi connectivity index (χ3n) is 5.77. The van der Waals surface area contributed by atoms with E-state index in [2.05, 4.69) is 15.3 Å². The summed E-state index contributed by atoms with van der Waals surface area (Å²) >= 11 is 5.07. The maximum atomic E-state index is 14.7. The number of unbranched alkanes of at least 4 members (excludes halogenated alkanes) is 1. The number of fused-ring (bicyclic) bond motifs is 1. The molecule has 8 nitrogen and oxygen atoms in total. The lowest BCUT2D eigenvalue weighted by molar-refractivity contribution is 0.102. The van der Waals surface area contributed by atoms with E-state index >= 15 is 0 Å². The molecule has 0 aliphatic rings. The number of carbonyl (C=O) groups excluding carboxylic acids is 1. The van der Waals surface area contributed by atoms with Crippen LogP contribution in [0.5, 0.6) is 5.75 Å². The molecule has 1 amide bonds. The van der Waals surface area contributed by atoms with Gasteiger partial charge in [0, 0.05) is 23.2 Å². The first-order valence-electron chi connectivity index (χ1n) is 11.3. The quantitative estimate of drug-likeness (QED) is 0.197. The molecule has 0 fully saturated rings. The summed E-state index contributed by atoms with van der Waals surface area (Å²) in [7, 11) is 1.60. The minimum absolute atomic E-state index is 0.0736. The van der Waals surface area contributed by atoms with Gasteiger partial charge in [-0.2, -0.15) is 0 Å². The second-order valence-corrected chi connectivity index (χ2v) is 10.3. The van der Waals surface area contributed by atoms with E-state index in [0.29, 0.717) is 11.9 Å². The van der Waals surface area contributed by atoms with Gasteiger partial charge in [0.25, 0.3) is 5.91 Å². The number of halogens is 2. The number of hydrogen-bond acceptors (Lipinski definition) is 7. The summed E-state index contributed by atoms with van der Waals surface area (Å²) in [4.78, 5) is 21.3. The largest absolute Gasteiger partial charge is 0.755 e. The molecule has 2 aromatic carbocycles. The van der Waals surface area contributed by atoms with Crippen LogP contribution in [0.2, 0.25) is 5.02 Å². The summed E-state index contributed by atoms with van der Waals surface area (Å²) in [5, 5.41) is 3.89. The van der Waals surface area contributed by atoms with E-state index in [1.54, 1.807) is 19.4 Å². The van der Waals surface area contributed by atoms with Gasteiger partial charge in [0.2, 0.25) is 0 Å². The fourth-order valence-electron chi connectivity index (χ4n) is 3.81. The zero-order valence-electron chi connectivity index (χ0n) is 20.0. The van der Waals surface area contributed by atoms with Crippen molar-refractivity contribution < 1.29 is 22.7 Å². The molecular formula is C25H23ClFN4O4S2-. The predicted octanol–water partition coefficient (Wildman–Crippen LogP) is 5.68. The second kappa shape index (κ2) is 12.0. The van der Waals surface area contributed by atoms with E-state index in [1.807, 2.05) is 24.3 Å². The van der Waals surface area contributed by atoms with Crippen molar-refractivity contribution in [2.75, 3.05) is 23.3 Å². The summed E-state index contributed by atoms with van der Waals surface area (Å²) in [6.45, 7) is 1.94. The van der Waals surface area contributed by atoms with Gasteiger partial charge < -0.3 is 18.9 Å². The molecule has 0 saturated carbocycles. The molecule has 4 rings (SSSR count). The van der Waals surface area contributed by atoms with Crippen LogP contribution in [-0.4, -0.2) is 38.3 Å². The molecule has 0 aliphatic carbocycles. The van der Waals surface area contributed by atoms with Crippen molar-refractivity contribution in [2.45, 2.75) is 26.2 Å². The molecule has 1 atom stereocenters. The Kier molecular flexibility index (Phi) is 8.70. The molecule has 0 spiro atoms. The van der Waals surface area contributed by atoms with Crippen molar-refractivity contribution >= 4 is 61.7 Å². The van der Waals surface area contributed by atoms with Crippen LogP contribution in [0, 0.1) is 12.7 Å². The molecule has 0 aliphatic heterocycles. The lowest BCUT2D eigenvalue weighted by atomic mass is 10.1. The van der Waals surface area contributed by atoms with Crippen LogP contribution in [0.15, 0.2) is 48.1 Å². The molecule has 37 heavy (non-hydrogen) atoms. The highest BCUT2D eigenvalue weighted by Gasteiger charge is 2.22. The Balaban J connectivity index is 1.49. The molecule has 12 heteroatoms. The van der Waals surface area contributed by atoms with Crippen molar-refractivity contribution in [3.63, 3.8) is 0 Å². The molecule has 1 N–H and O–H groups in total. The minimum Gasteiger partial charge on any atom is -0.755 e. The van der Waals surface area contributed by atoms with Crippen LogP contribution >= 0.6 is 22.9 Å². The smallest absolute Gasteiger partial charge is 0.258 e. The molecule has 1 unspecified atom stereocenters. The third-order valence-corrected chi connectivity index (χ3v) is 7.97. The zero-order chi connectivity index (χ0) is 26.5. The van der Waals surface area contributed by atoms with Crippen molar-refractivity contribution in [3.8, 4) is 5.75 Å². The zero-order valence-corrected chi connectivity index (χ0v) is 22.4. The molecule has 194 valence electrons. The fraction of sp³-hybridized carbons (Fsp3) is 0.240. The summed E-state index contributed by atoms with van der Waals surface area (Å²) < 4.78 is 45.7. The Morgan fingerprint density at radius 3 is 2.68 bits per heavy atom. The lowest BCUT2D eigenvalue weighted by Gasteiger charge is -2.28. The number of nitrogens with one attached hydrogen (secondary N) is 1. The highest BCUT2D eigenvalue weighted by molar-refractivity contribution is 7.80. The lowest BCUT2D eigenvalue weighted by Crippen LogP contribution is -2.27. The SMILES string of the molecule is COc1ccc(CCCCN(c2ccc(F)c(NC(=O)c3csc4c(C)ncnc34)c2Cl)S(=O)[O-])cc1. The first kappa shape index (κ1) is 26.9. The van der Waals surface area contributed by atoms with Crippen LogP contribution in [0.3, 0.4) is 0 Å². The van der Waals surface area contributed by atoms with Crippen molar-refractivity contribution in [3.05, 3.63) is 75.8 Å². The highest BCUT2D eigenvalue weighted by atomic mass is 35.5. The van der Waals surface area contributed by atoms with Gasteiger partial charge in [-0.05, 0) is 56.0 Å². The number of rotatable bonds is 10. The minimum atomic E-state index is -2.66. The topological polar surface area (TPSA) is 107 Å². The van der Waals surface area contributed by atoms with Gasteiger partial charge >= 0.3 is 0 Å². The summed E-state index contributed by atoms with van der Waals surface area (Å²) in [5.41, 5.74) is 2.28. The van der Waals surface area contributed by atoms with Crippen LogP contribution in [0.4, 0.5) is 15.8 Å². The summed E-state index contributed by atoms with van der Waals surface area (Å²) in [6.07, 6.45) is 3.36. The van der Waals surface area contributed by atoms with E-state index in [-0.39, 0.29) is 28.5 Å². The molecule has 2 heterocycles. The second-order valence-electron chi connectivity index (χ2n) is 8.12. The van der Waals surface area contributed by atoms with E-state index in [1.165, 1.54) is 23.7 Å². The summed E-state index contributed by atoms with van der Waals surface area (Å²) in [5.74, 6) is -0.638. The van der Waals surface area contributed by atoms with Gasteiger partial charge in [-0.1, -0.05) is 23.7 Å². The monoisotopic (exact) mass is 561 g/mol. The molecule has 2 aromatic heterocycles. The van der Waals surface area contributed by atoms with Gasteiger partial charge in [-0.15, -0.1) is 11.3 Å². The average Bonchev–Trinajstić information content (AvgIpc) is 3.33. The molecule has 0 saturated heterocycles. The van der Waals surface area contributed by atoms with Gasteiger partial charge in [-0.3, -0.25) is 9.00 Å². The van der Waals surface area contributed by atoms with E-state index in [4.69, 9.17) is 16.3 Å². The Morgan fingerprint density at radius 2 is 1.97 bits per heavy atom. The molecule has 0 bridgehead atoms. The number of amides is 1.